The fourth-order valence-corrected chi connectivity index (χ4v) is 3.30. The van der Waals surface area contributed by atoms with Gasteiger partial charge in [0, 0.05) is 30.8 Å². The number of amides is 1. The zero-order valence-corrected chi connectivity index (χ0v) is 17.8. The Labute approximate surface area is 183 Å². The van der Waals surface area contributed by atoms with E-state index in [1.54, 1.807) is 36.4 Å². The van der Waals surface area contributed by atoms with Crippen molar-refractivity contribution in [1.82, 2.24) is 4.90 Å². The average Bonchev–Trinajstić information content (AvgIpc) is 2.78. The molecule has 0 spiro atoms. The van der Waals surface area contributed by atoms with Crippen LogP contribution in [-0.2, 0) is 9.53 Å². The minimum atomic E-state index is -0.0372. The van der Waals surface area contributed by atoms with E-state index < -0.39 is 0 Å². The number of carbonyl (C=O) groups is 2. The van der Waals surface area contributed by atoms with Crippen molar-refractivity contribution >= 4 is 24.1 Å². The van der Waals surface area contributed by atoms with Gasteiger partial charge in [-0.3, -0.25) is 9.59 Å². The van der Waals surface area contributed by atoms with Gasteiger partial charge < -0.3 is 20.1 Å². The number of nitrogens with two attached hydrogens (primary N) is 1. The minimum Gasteiger partial charge on any atom is -0.484 e. The molecule has 162 valence electrons. The molecule has 0 atom stereocenters. The Morgan fingerprint density at radius 3 is 2.23 bits per heavy atom. The van der Waals surface area contributed by atoms with Crippen molar-refractivity contribution in [2.45, 2.75) is 25.4 Å². The second kappa shape index (κ2) is 12.3. The van der Waals surface area contributed by atoms with E-state index in [9.17, 15) is 9.59 Å². The molecule has 0 aliphatic carbocycles. The zero-order chi connectivity index (χ0) is 20.5. The SMILES string of the molecule is Cl.NCCCOC1CCN(C(=O)COc2ccc(C(=O)c3ccccc3)cc2)CC1. The van der Waals surface area contributed by atoms with Crippen LogP contribution in [0.5, 0.6) is 5.75 Å². The first-order valence-electron chi connectivity index (χ1n) is 10.1. The van der Waals surface area contributed by atoms with Gasteiger partial charge >= 0.3 is 0 Å². The Kier molecular flexibility index (Phi) is 9.80. The van der Waals surface area contributed by atoms with Crippen LogP contribution in [0, 0.1) is 0 Å². The Morgan fingerprint density at radius 2 is 1.60 bits per heavy atom. The second-order valence-electron chi connectivity index (χ2n) is 7.10. The normalized spacial score (nSPS) is 14.1. The molecule has 30 heavy (non-hydrogen) atoms. The van der Waals surface area contributed by atoms with Crippen molar-refractivity contribution in [3.05, 3.63) is 65.7 Å². The van der Waals surface area contributed by atoms with E-state index >= 15 is 0 Å². The van der Waals surface area contributed by atoms with Gasteiger partial charge in [-0.25, -0.2) is 0 Å². The highest BCUT2D eigenvalue weighted by Gasteiger charge is 2.23. The lowest BCUT2D eigenvalue weighted by Crippen LogP contribution is -2.43. The average molecular weight is 433 g/mol. The smallest absolute Gasteiger partial charge is 0.260 e. The second-order valence-corrected chi connectivity index (χ2v) is 7.10. The number of halogens is 1. The maximum atomic E-state index is 12.4. The third-order valence-corrected chi connectivity index (χ3v) is 5.01. The first kappa shape index (κ1) is 23.9. The van der Waals surface area contributed by atoms with Gasteiger partial charge in [-0.1, -0.05) is 30.3 Å². The van der Waals surface area contributed by atoms with E-state index in [1.165, 1.54) is 0 Å². The maximum Gasteiger partial charge on any atom is 0.260 e. The molecule has 0 unspecified atom stereocenters. The molecule has 0 bridgehead atoms. The molecule has 7 heteroatoms. The largest absolute Gasteiger partial charge is 0.484 e. The molecule has 0 radical (unpaired) electrons. The van der Waals surface area contributed by atoms with Gasteiger partial charge in [0.1, 0.15) is 5.75 Å². The van der Waals surface area contributed by atoms with E-state index in [0.29, 0.717) is 43.1 Å². The number of nitrogens with zero attached hydrogens (tertiary/aromatic N) is 1. The van der Waals surface area contributed by atoms with Crippen LogP contribution in [-0.4, -0.2) is 55.5 Å². The standard InChI is InChI=1S/C23H28N2O4.ClH/c24-13-4-16-28-21-11-14-25(15-12-21)22(26)17-29-20-9-7-19(8-10-20)23(27)18-5-2-1-3-6-18;/h1-3,5-10,21H,4,11-17,24H2;1H. The highest BCUT2D eigenvalue weighted by atomic mass is 35.5. The van der Waals surface area contributed by atoms with Gasteiger partial charge in [-0.05, 0) is 50.1 Å². The molecule has 0 saturated carbocycles. The number of hydrogen-bond donors (Lipinski definition) is 1. The van der Waals surface area contributed by atoms with Gasteiger partial charge in [0.2, 0.25) is 0 Å². The molecular weight excluding hydrogens is 404 g/mol. The number of likely N-dealkylation sites (tertiary alicyclic amines) is 1. The van der Waals surface area contributed by atoms with Crippen LogP contribution in [0.25, 0.3) is 0 Å². The lowest BCUT2D eigenvalue weighted by Gasteiger charge is -2.31. The predicted molar refractivity (Wildman–Crippen MR) is 118 cm³/mol. The summed E-state index contributed by atoms with van der Waals surface area (Å²) in [4.78, 5) is 26.6. The van der Waals surface area contributed by atoms with Crippen LogP contribution >= 0.6 is 12.4 Å². The molecule has 1 saturated heterocycles. The van der Waals surface area contributed by atoms with Crippen LogP contribution in [0.2, 0.25) is 0 Å². The Bertz CT molecular complexity index is 791. The van der Waals surface area contributed by atoms with E-state index in [4.69, 9.17) is 15.2 Å². The van der Waals surface area contributed by atoms with Gasteiger partial charge in [-0.2, -0.15) is 0 Å². The first-order valence-corrected chi connectivity index (χ1v) is 10.1. The summed E-state index contributed by atoms with van der Waals surface area (Å²) in [7, 11) is 0. The lowest BCUT2D eigenvalue weighted by molar-refractivity contribution is -0.136. The summed E-state index contributed by atoms with van der Waals surface area (Å²) < 4.78 is 11.4. The summed E-state index contributed by atoms with van der Waals surface area (Å²) >= 11 is 0. The van der Waals surface area contributed by atoms with Crippen molar-refractivity contribution < 1.29 is 19.1 Å². The zero-order valence-electron chi connectivity index (χ0n) is 17.0. The van der Waals surface area contributed by atoms with Gasteiger partial charge in [0.25, 0.3) is 5.91 Å². The van der Waals surface area contributed by atoms with Crippen LogP contribution < -0.4 is 10.5 Å². The molecule has 0 aromatic heterocycles. The van der Waals surface area contributed by atoms with Crippen molar-refractivity contribution in [3.8, 4) is 5.75 Å². The molecule has 1 amide bonds. The number of piperidine rings is 1. The van der Waals surface area contributed by atoms with E-state index in [-0.39, 0.29) is 36.8 Å². The molecular formula is C23H29ClN2O4. The fraction of sp³-hybridized carbons (Fsp3) is 0.391. The molecule has 3 rings (SSSR count). The van der Waals surface area contributed by atoms with Crippen molar-refractivity contribution in [2.75, 3.05) is 32.8 Å². The fourth-order valence-electron chi connectivity index (χ4n) is 3.30. The number of rotatable bonds is 9. The molecule has 2 aromatic rings. The number of ketones is 1. The summed E-state index contributed by atoms with van der Waals surface area (Å²) in [6.07, 6.45) is 2.75. The maximum absolute atomic E-state index is 12.4. The topological polar surface area (TPSA) is 81.9 Å². The number of ether oxygens (including phenoxy) is 2. The molecule has 2 aromatic carbocycles. The quantitative estimate of drug-likeness (QED) is 0.486. The molecule has 1 fully saturated rings. The molecule has 6 nitrogen and oxygen atoms in total. The molecule has 2 N–H and O–H groups in total. The van der Waals surface area contributed by atoms with Gasteiger partial charge in [-0.15, -0.1) is 12.4 Å². The van der Waals surface area contributed by atoms with Crippen LogP contribution in [0.1, 0.15) is 35.2 Å². The lowest BCUT2D eigenvalue weighted by atomic mass is 10.0. The van der Waals surface area contributed by atoms with Gasteiger partial charge in [0.15, 0.2) is 12.4 Å². The van der Waals surface area contributed by atoms with Crippen molar-refractivity contribution in [3.63, 3.8) is 0 Å². The monoisotopic (exact) mass is 432 g/mol. The third kappa shape index (κ3) is 6.83. The summed E-state index contributed by atoms with van der Waals surface area (Å²) in [6, 6.07) is 16.0. The Hall–Kier alpha value is -2.41. The van der Waals surface area contributed by atoms with Crippen molar-refractivity contribution in [2.24, 2.45) is 5.73 Å². The number of benzene rings is 2. The van der Waals surface area contributed by atoms with Gasteiger partial charge in [0.05, 0.1) is 6.10 Å². The third-order valence-electron chi connectivity index (χ3n) is 5.01. The van der Waals surface area contributed by atoms with Crippen LogP contribution in [0.4, 0.5) is 0 Å². The Morgan fingerprint density at radius 1 is 0.967 bits per heavy atom. The first-order chi connectivity index (χ1) is 14.2. The predicted octanol–water partition coefficient (Wildman–Crippen LogP) is 3.07. The van der Waals surface area contributed by atoms with Crippen molar-refractivity contribution in [1.29, 1.82) is 0 Å². The number of carbonyl (C=O) groups excluding carboxylic acids is 2. The minimum absolute atomic E-state index is 0. The van der Waals surface area contributed by atoms with Crippen LogP contribution in [0.3, 0.4) is 0 Å². The van der Waals surface area contributed by atoms with E-state index in [2.05, 4.69) is 0 Å². The summed E-state index contributed by atoms with van der Waals surface area (Å²) in [5.41, 5.74) is 6.71. The molecule has 1 heterocycles. The van der Waals surface area contributed by atoms with Crippen LogP contribution in [0.15, 0.2) is 54.6 Å². The number of hydrogen-bond acceptors (Lipinski definition) is 5. The highest BCUT2D eigenvalue weighted by Crippen LogP contribution is 2.17. The van der Waals surface area contributed by atoms with E-state index in [0.717, 1.165) is 19.3 Å². The van der Waals surface area contributed by atoms with E-state index in [1.807, 2.05) is 23.1 Å². The molecule has 1 aliphatic heterocycles. The Balaban J connectivity index is 0.00000320. The summed E-state index contributed by atoms with van der Waals surface area (Å²) in [5, 5.41) is 0. The summed E-state index contributed by atoms with van der Waals surface area (Å²) in [6.45, 7) is 2.67. The highest BCUT2D eigenvalue weighted by molar-refractivity contribution is 6.08. The molecule has 1 aliphatic rings. The summed E-state index contributed by atoms with van der Waals surface area (Å²) in [5.74, 6) is 0.502.